The van der Waals surface area contributed by atoms with Crippen LogP contribution in [0.3, 0.4) is 0 Å². The van der Waals surface area contributed by atoms with E-state index >= 15 is 0 Å². The molecular weight excluding hydrogens is 126 g/mol. The van der Waals surface area contributed by atoms with Gasteiger partial charge in [-0.05, 0) is 20.3 Å². The van der Waals surface area contributed by atoms with Crippen LogP contribution in [0.5, 0.6) is 0 Å². The molecule has 0 aliphatic rings. The molecule has 1 radical (unpaired) electrons. The van der Waals surface area contributed by atoms with Crippen molar-refractivity contribution >= 4 is 0 Å². The van der Waals surface area contributed by atoms with Crippen LogP contribution in [-0.2, 0) is 5.11 Å². The van der Waals surface area contributed by atoms with Crippen LogP contribution in [0, 0.1) is 0 Å². The SMILES string of the molecule is CCCCC(C)NC(C)[O]. The molecule has 1 N–H and O–H groups in total. The minimum Gasteiger partial charge on any atom is -0.287 e. The molecular formula is C8H18NO. The predicted molar refractivity (Wildman–Crippen MR) is 42.3 cm³/mol. The van der Waals surface area contributed by atoms with Crippen LogP contribution in [0.1, 0.15) is 40.0 Å². The number of rotatable bonds is 5. The van der Waals surface area contributed by atoms with E-state index in [1.54, 1.807) is 6.92 Å². The van der Waals surface area contributed by atoms with Gasteiger partial charge in [0.2, 0.25) is 0 Å². The van der Waals surface area contributed by atoms with Gasteiger partial charge in [0.15, 0.2) is 0 Å². The van der Waals surface area contributed by atoms with Crippen molar-refractivity contribution in [1.82, 2.24) is 5.32 Å². The van der Waals surface area contributed by atoms with E-state index in [0.29, 0.717) is 6.04 Å². The normalized spacial score (nSPS) is 16.8. The van der Waals surface area contributed by atoms with E-state index in [4.69, 9.17) is 0 Å². The molecule has 2 heteroatoms. The molecule has 0 fully saturated rings. The summed E-state index contributed by atoms with van der Waals surface area (Å²) in [6, 6.07) is 0.382. The first kappa shape index (κ1) is 9.92. The predicted octanol–water partition coefficient (Wildman–Crippen LogP) is 1.93. The highest BCUT2D eigenvalue weighted by Crippen LogP contribution is 1.99. The number of unbranched alkanes of at least 4 members (excludes halogenated alkanes) is 1. The first-order valence-electron chi connectivity index (χ1n) is 4.08. The third-order valence-corrected chi connectivity index (χ3v) is 1.51. The Morgan fingerprint density at radius 1 is 1.40 bits per heavy atom. The van der Waals surface area contributed by atoms with Gasteiger partial charge in [0, 0.05) is 6.04 Å². The van der Waals surface area contributed by atoms with Gasteiger partial charge in [0.1, 0.15) is 6.23 Å². The minimum atomic E-state index is -0.619. The van der Waals surface area contributed by atoms with Crippen LogP contribution in [0.15, 0.2) is 0 Å². The second kappa shape index (κ2) is 5.69. The second-order valence-corrected chi connectivity index (χ2v) is 2.85. The largest absolute Gasteiger partial charge is 0.287 e. The number of hydrogen-bond acceptors (Lipinski definition) is 1. The minimum absolute atomic E-state index is 0.382. The molecule has 0 aliphatic heterocycles. The van der Waals surface area contributed by atoms with E-state index in [1.807, 2.05) is 0 Å². The maximum absolute atomic E-state index is 10.6. The zero-order valence-corrected chi connectivity index (χ0v) is 7.18. The van der Waals surface area contributed by atoms with E-state index in [0.717, 1.165) is 6.42 Å². The van der Waals surface area contributed by atoms with Crippen LogP contribution in [-0.4, -0.2) is 12.3 Å². The number of hydrogen-bond donors (Lipinski definition) is 1. The van der Waals surface area contributed by atoms with Crippen molar-refractivity contribution in [1.29, 1.82) is 0 Å². The van der Waals surface area contributed by atoms with E-state index in [9.17, 15) is 5.11 Å². The smallest absolute Gasteiger partial charge is 0.141 e. The molecule has 0 saturated carbocycles. The Bertz CT molecular complexity index is 73.7. The number of nitrogens with one attached hydrogen (secondary N) is 1. The van der Waals surface area contributed by atoms with Crippen LogP contribution in [0.25, 0.3) is 0 Å². The van der Waals surface area contributed by atoms with Crippen LogP contribution in [0.4, 0.5) is 0 Å². The van der Waals surface area contributed by atoms with Crippen molar-refractivity contribution in [2.45, 2.75) is 52.3 Å². The van der Waals surface area contributed by atoms with Gasteiger partial charge in [-0.15, -0.1) is 0 Å². The van der Waals surface area contributed by atoms with Crippen molar-refractivity contribution in [2.75, 3.05) is 0 Å². The van der Waals surface area contributed by atoms with Crippen LogP contribution < -0.4 is 5.32 Å². The van der Waals surface area contributed by atoms with E-state index in [1.165, 1.54) is 12.8 Å². The van der Waals surface area contributed by atoms with Crippen molar-refractivity contribution in [2.24, 2.45) is 0 Å². The lowest BCUT2D eigenvalue weighted by atomic mass is 10.1. The monoisotopic (exact) mass is 144 g/mol. The molecule has 0 saturated heterocycles. The third-order valence-electron chi connectivity index (χ3n) is 1.51. The highest BCUT2D eigenvalue weighted by atomic mass is 16.3. The first-order chi connectivity index (χ1) is 4.66. The molecule has 0 aromatic carbocycles. The van der Waals surface area contributed by atoms with Crippen LogP contribution >= 0.6 is 0 Å². The highest BCUT2D eigenvalue weighted by molar-refractivity contribution is 4.59. The van der Waals surface area contributed by atoms with Crippen molar-refractivity contribution in [3.8, 4) is 0 Å². The topological polar surface area (TPSA) is 31.9 Å². The quantitative estimate of drug-likeness (QED) is 0.587. The zero-order valence-electron chi connectivity index (χ0n) is 7.18. The molecule has 0 amide bonds. The first-order valence-corrected chi connectivity index (χ1v) is 4.08. The van der Waals surface area contributed by atoms with Gasteiger partial charge >= 0.3 is 0 Å². The van der Waals surface area contributed by atoms with Gasteiger partial charge in [0.25, 0.3) is 0 Å². The summed E-state index contributed by atoms with van der Waals surface area (Å²) in [6.45, 7) is 5.86. The van der Waals surface area contributed by atoms with Crippen molar-refractivity contribution in [3.05, 3.63) is 0 Å². The fraction of sp³-hybridized carbons (Fsp3) is 1.00. The Balaban J connectivity index is 3.16. The Labute approximate surface area is 63.6 Å². The average molecular weight is 144 g/mol. The van der Waals surface area contributed by atoms with Gasteiger partial charge in [0.05, 0.1) is 0 Å². The van der Waals surface area contributed by atoms with Crippen molar-refractivity contribution < 1.29 is 5.11 Å². The Hall–Kier alpha value is -0.0800. The van der Waals surface area contributed by atoms with E-state index < -0.39 is 6.23 Å². The van der Waals surface area contributed by atoms with Crippen molar-refractivity contribution in [3.63, 3.8) is 0 Å². The summed E-state index contributed by atoms with van der Waals surface area (Å²) in [6.07, 6.45) is 2.91. The summed E-state index contributed by atoms with van der Waals surface area (Å²) < 4.78 is 0. The molecule has 0 spiro atoms. The third kappa shape index (κ3) is 6.05. The summed E-state index contributed by atoms with van der Waals surface area (Å²) in [4.78, 5) is 0. The zero-order chi connectivity index (χ0) is 7.98. The molecule has 61 valence electrons. The van der Waals surface area contributed by atoms with Gasteiger partial charge in [-0.25, -0.2) is 5.11 Å². The highest BCUT2D eigenvalue weighted by Gasteiger charge is 2.03. The standard InChI is InChI=1S/C8H18NO/c1-4-5-6-7(2)9-8(3)10/h7-9H,4-6H2,1-3H3. The molecule has 0 aromatic rings. The van der Waals surface area contributed by atoms with E-state index in [-0.39, 0.29) is 0 Å². The maximum Gasteiger partial charge on any atom is 0.141 e. The Morgan fingerprint density at radius 2 is 2.00 bits per heavy atom. The Morgan fingerprint density at radius 3 is 2.40 bits per heavy atom. The molecule has 10 heavy (non-hydrogen) atoms. The molecule has 2 unspecified atom stereocenters. The maximum atomic E-state index is 10.6. The van der Waals surface area contributed by atoms with Gasteiger partial charge in [-0.2, -0.15) is 0 Å². The van der Waals surface area contributed by atoms with Gasteiger partial charge in [-0.1, -0.05) is 19.8 Å². The lowest BCUT2D eigenvalue weighted by molar-refractivity contribution is 0.0646. The molecule has 0 rings (SSSR count). The van der Waals surface area contributed by atoms with Gasteiger partial charge in [-0.3, -0.25) is 5.32 Å². The molecule has 0 heterocycles. The molecule has 2 atom stereocenters. The Kier molecular flexibility index (Phi) is 5.64. The summed E-state index contributed by atoms with van der Waals surface area (Å²) in [5.74, 6) is 0. The average Bonchev–Trinajstić information content (AvgIpc) is 1.82. The fourth-order valence-electron chi connectivity index (χ4n) is 0.994. The molecule has 2 nitrogen and oxygen atoms in total. The molecule has 0 aliphatic carbocycles. The van der Waals surface area contributed by atoms with Crippen LogP contribution in [0.2, 0.25) is 0 Å². The summed E-state index contributed by atoms with van der Waals surface area (Å²) in [5, 5.41) is 13.5. The van der Waals surface area contributed by atoms with E-state index in [2.05, 4.69) is 19.2 Å². The lowest BCUT2D eigenvalue weighted by Crippen LogP contribution is -2.33. The molecule has 0 aromatic heterocycles. The lowest BCUT2D eigenvalue weighted by Gasteiger charge is -2.13. The summed E-state index contributed by atoms with van der Waals surface area (Å²) >= 11 is 0. The second-order valence-electron chi connectivity index (χ2n) is 2.85. The van der Waals surface area contributed by atoms with Gasteiger partial charge < -0.3 is 0 Å². The fourth-order valence-corrected chi connectivity index (χ4v) is 0.994. The summed E-state index contributed by atoms with van der Waals surface area (Å²) in [7, 11) is 0. The molecule has 0 bridgehead atoms. The summed E-state index contributed by atoms with van der Waals surface area (Å²) in [5.41, 5.74) is 0.